The molecule has 0 saturated heterocycles. The Labute approximate surface area is 95.3 Å². The average Bonchev–Trinajstić information content (AvgIpc) is 2.16. The van der Waals surface area contributed by atoms with E-state index in [1.54, 1.807) is 0 Å². The number of carboxylic acid groups (broad SMARTS) is 2. The maximum Gasteiger partial charge on any atom is 0.353 e. The first-order valence-electron chi connectivity index (χ1n) is 4.26. The van der Waals surface area contributed by atoms with Crippen LogP contribution in [0.15, 0.2) is 24.3 Å². The average molecular weight is 247 g/mol. The van der Waals surface area contributed by atoms with E-state index < -0.39 is 24.0 Å². The highest BCUT2D eigenvalue weighted by Crippen LogP contribution is 2.21. The van der Waals surface area contributed by atoms with Crippen molar-refractivity contribution in [2.24, 2.45) is 0 Å². The SMILES string of the molecule is O=C(O)C(F)(Cc1cccc(Cl)c1)C(=O)O. The van der Waals surface area contributed by atoms with Gasteiger partial charge >= 0.3 is 17.6 Å². The summed E-state index contributed by atoms with van der Waals surface area (Å²) in [6, 6.07) is 5.74. The highest BCUT2D eigenvalue weighted by molar-refractivity contribution is 6.30. The third kappa shape index (κ3) is 2.49. The predicted octanol–water partition coefficient (Wildman–Crippen LogP) is 1.76. The van der Waals surface area contributed by atoms with E-state index in [-0.39, 0.29) is 10.6 Å². The summed E-state index contributed by atoms with van der Waals surface area (Å²) in [5.74, 6) is -4.06. The predicted molar refractivity (Wildman–Crippen MR) is 54.3 cm³/mol. The molecule has 0 aliphatic carbocycles. The first-order chi connectivity index (χ1) is 7.36. The Morgan fingerprint density at radius 3 is 2.31 bits per heavy atom. The van der Waals surface area contributed by atoms with Crippen molar-refractivity contribution in [3.05, 3.63) is 34.9 Å². The molecule has 0 bridgehead atoms. The van der Waals surface area contributed by atoms with E-state index in [2.05, 4.69) is 0 Å². The van der Waals surface area contributed by atoms with Gasteiger partial charge in [0.2, 0.25) is 0 Å². The van der Waals surface area contributed by atoms with Crippen LogP contribution >= 0.6 is 11.6 Å². The van der Waals surface area contributed by atoms with Gasteiger partial charge < -0.3 is 10.2 Å². The molecule has 0 unspecified atom stereocenters. The third-order valence-corrected chi connectivity index (χ3v) is 2.25. The number of rotatable bonds is 4. The second-order valence-corrected chi connectivity index (χ2v) is 3.65. The quantitative estimate of drug-likeness (QED) is 0.794. The molecule has 1 aromatic carbocycles. The van der Waals surface area contributed by atoms with Crippen LogP contribution in [-0.2, 0) is 16.0 Å². The van der Waals surface area contributed by atoms with Crippen molar-refractivity contribution >= 4 is 23.5 Å². The number of aliphatic carboxylic acids is 2. The Morgan fingerprint density at radius 1 is 1.31 bits per heavy atom. The van der Waals surface area contributed by atoms with E-state index in [0.29, 0.717) is 0 Å². The summed E-state index contributed by atoms with van der Waals surface area (Å²) in [6.45, 7) is 0. The van der Waals surface area contributed by atoms with E-state index in [1.165, 1.54) is 24.3 Å². The minimum atomic E-state index is -3.33. The molecular weight excluding hydrogens is 239 g/mol. The molecule has 6 heteroatoms. The minimum absolute atomic E-state index is 0.208. The smallest absolute Gasteiger partial charge is 0.353 e. The number of hydrogen-bond acceptors (Lipinski definition) is 2. The molecule has 0 radical (unpaired) electrons. The Bertz CT molecular complexity index is 419. The summed E-state index contributed by atoms with van der Waals surface area (Å²) >= 11 is 5.62. The number of hydrogen-bond donors (Lipinski definition) is 2. The number of carboxylic acids is 2. The number of benzene rings is 1. The Kier molecular flexibility index (Phi) is 3.49. The third-order valence-electron chi connectivity index (χ3n) is 2.01. The lowest BCUT2D eigenvalue weighted by molar-refractivity contribution is -0.166. The zero-order valence-electron chi connectivity index (χ0n) is 7.98. The van der Waals surface area contributed by atoms with Crippen molar-refractivity contribution in [1.82, 2.24) is 0 Å². The van der Waals surface area contributed by atoms with Gasteiger partial charge in [-0.15, -0.1) is 0 Å². The first kappa shape index (κ1) is 12.4. The van der Waals surface area contributed by atoms with Crippen LogP contribution < -0.4 is 0 Å². The monoisotopic (exact) mass is 246 g/mol. The topological polar surface area (TPSA) is 74.6 Å². The Morgan fingerprint density at radius 2 is 1.88 bits per heavy atom. The van der Waals surface area contributed by atoms with Crippen molar-refractivity contribution in [2.75, 3.05) is 0 Å². The molecule has 4 nitrogen and oxygen atoms in total. The normalized spacial score (nSPS) is 11.1. The molecule has 2 N–H and O–H groups in total. The van der Waals surface area contributed by atoms with Gasteiger partial charge in [0.05, 0.1) is 0 Å². The van der Waals surface area contributed by atoms with Crippen LogP contribution in [-0.4, -0.2) is 27.8 Å². The zero-order valence-corrected chi connectivity index (χ0v) is 8.74. The second kappa shape index (κ2) is 4.49. The zero-order chi connectivity index (χ0) is 12.3. The molecule has 0 aliphatic heterocycles. The molecule has 0 fully saturated rings. The lowest BCUT2D eigenvalue weighted by Gasteiger charge is -2.15. The van der Waals surface area contributed by atoms with Crippen molar-refractivity contribution in [3.63, 3.8) is 0 Å². The molecule has 0 heterocycles. The molecular formula is C10H8ClFO4. The highest BCUT2D eigenvalue weighted by atomic mass is 35.5. The summed E-state index contributed by atoms with van der Waals surface area (Å²) in [5.41, 5.74) is -3.12. The number of halogens is 2. The fourth-order valence-corrected chi connectivity index (χ4v) is 1.38. The largest absolute Gasteiger partial charge is 0.478 e. The molecule has 0 aliphatic rings. The van der Waals surface area contributed by atoms with Crippen LogP contribution in [0.3, 0.4) is 0 Å². The highest BCUT2D eigenvalue weighted by Gasteiger charge is 2.47. The van der Waals surface area contributed by atoms with E-state index in [9.17, 15) is 14.0 Å². The maximum absolute atomic E-state index is 13.6. The summed E-state index contributed by atoms with van der Waals surface area (Å²) < 4.78 is 13.6. The Hall–Kier alpha value is -1.62. The molecule has 16 heavy (non-hydrogen) atoms. The van der Waals surface area contributed by atoms with E-state index in [1.807, 2.05) is 0 Å². The van der Waals surface area contributed by atoms with Crippen LogP contribution in [0.25, 0.3) is 0 Å². The van der Waals surface area contributed by atoms with Crippen molar-refractivity contribution in [2.45, 2.75) is 12.1 Å². The summed E-state index contributed by atoms with van der Waals surface area (Å²) in [4.78, 5) is 21.1. The van der Waals surface area contributed by atoms with Crippen LogP contribution in [0, 0.1) is 0 Å². The van der Waals surface area contributed by atoms with Crippen LogP contribution in [0.2, 0.25) is 5.02 Å². The second-order valence-electron chi connectivity index (χ2n) is 3.22. The van der Waals surface area contributed by atoms with Crippen LogP contribution in [0.1, 0.15) is 5.56 Å². The van der Waals surface area contributed by atoms with Gasteiger partial charge in [0.1, 0.15) is 0 Å². The van der Waals surface area contributed by atoms with Crippen LogP contribution in [0.5, 0.6) is 0 Å². The van der Waals surface area contributed by atoms with E-state index in [4.69, 9.17) is 21.8 Å². The molecule has 0 atom stereocenters. The molecule has 0 saturated carbocycles. The summed E-state index contributed by atoms with van der Waals surface area (Å²) in [5, 5.41) is 17.4. The van der Waals surface area contributed by atoms with Gasteiger partial charge in [0, 0.05) is 11.4 Å². The number of carbonyl (C=O) groups is 2. The molecule has 0 aromatic heterocycles. The molecule has 0 amide bonds. The molecule has 0 spiro atoms. The van der Waals surface area contributed by atoms with Crippen molar-refractivity contribution < 1.29 is 24.2 Å². The fraction of sp³-hybridized carbons (Fsp3) is 0.200. The van der Waals surface area contributed by atoms with Crippen molar-refractivity contribution in [3.8, 4) is 0 Å². The van der Waals surface area contributed by atoms with Gasteiger partial charge in [-0.3, -0.25) is 0 Å². The van der Waals surface area contributed by atoms with E-state index in [0.717, 1.165) is 0 Å². The van der Waals surface area contributed by atoms with E-state index >= 15 is 0 Å². The summed E-state index contributed by atoms with van der Waals surface area (Å²) in [7, 11) is 0. The minimum Gasteiger partial charge on any atom is -0.478 e. The molecule has 1 aromatic rings. The van der Waals surface area contributed by atoms with Gasteiger partial charge in [0.15, 0.2) is 0 Å². The van der Waals surface area contributed by atoms with Gasteiger partial charge in [-0.05, 0) is 17.7 Å². The van der Waals surface area contributed by atoms with Crippen molar-refractivity contribution in [1.29, 1.82) is 0 Å². The van der Waals surface area contributed by atoms with Crippen LogP contribution in [0.4, 0.5) is 4.39 Å². The van der Waals surface area contributed by atoms with Gasteiger partial charge in [-0.1, -0.05) is 23.7 Å². The lowest BCUT2D eigenvalue weighted by atomic mass is 9.96. The maximum atomic E-state index is 13.6. The van der Waals surface area contributed by atoms with Gasteiger partial charge in [-0.2, -0.15) is 0 Å². The molecule has 1 rings (SSSR count). The Balaban J connectivity index is 3.02. The lowest BCUT2D eigenvalue weighted by Crippen LogP contribution is -2.44. The first-order valence-corrected chi connectivity index (χ1v) is 4.64. The van der Waals surface area contributed by atoms with Gasteiger partial charge in [-0.25, -0.2) is 14.0 Å². The standard InChI is InChI=1S/C10H8ClFO4/c11-7-3-1-2-6(4-7)5-10(12,8(13)14)9(15)16/h1-4H,5H2,(H,13,14)(H,15,16). The molecule has 86 valence electrons. The fourth-order valence-electron chi connectivity index (χ4n) is 1.17. The van der Waals surface area contributed by atoms with Gasteiger partial charge in [0.25, 0.3) is 0 Å². The summed E-state index contributed by atoms with van der Waals surface area (Å²) in [6.07, 6.45) is -0.766. The number of alkyl halides is 1.